The van der Waals surface area contributed by atoms with Gasteiger partial charge in [-0.15, -0.1) is 11.3 Å². The second kappa shape index (κ2) is 10.2. The molecule has 2 heterocycles. The Morgan fingerprint density at radius 1 is 1.18 bits per heavy atom. The van der Waals surface area contributed by atoms with Crippen molar-refractivity contribution in [1.29, 1.82) is 0 Å². The molecule has 1 aliphatic heterocycles. The van der Waals surface area contributed by atoms with E-state index in [0.717, 1.165) is 6.07 Å². The van der Waals surface area contributed by atoms with Crippen molar-refractivity contribution in [2.45, 2.75) is 56.7 Å². The normalized spacial score (nSPS) is 19.6. The van der Waals surface area contributed by atoms with Crippen LogP contribution < -0.4 is 15.1 Å². The van der Waals surface area contributed by atoms with Crippen molar-refractivity contribution in [2.24, 2.45) is 0 Å². The number of aromatic nitrogens is 1. The predicted octanol–water partition coefficient (Wildman–Crippen LogP) is 4.77. The van der Waals surface area contributed by atoms with Crippen LogP contribution in [0.4, 0.5) is 24.7 Å². The Balaban J connectivity index is 1.59. The fourth-order valence-electron chi connectivity index (χ4n) is 5.05. The minimum Gasteiger partial charge on any atom is -0.351 e. The number of thiazole rings is 1. The lowest BCUT2D eigenvalue weighted by Gasteiger charge is -2.39. The van der Waals surface area contributed by atoms with E-state index >= 15 is 0 Å². The lowest BCUT2D eigenvalue weighted by molar-refractivity contribution is -0.133. The van der Waals surface area contributed by atoms with Gasteiger partial charge < -0.3 is 5.32 Å². The second-order valence-electron chi connectivity index (χ2n) is 9.58. The molecule has 1 saturated heterocycles. The molecule has 3 amide bonds. The van der Waals surface area contributed by atoms with E-state index in [0.29, 0.717) is 16.9 Å². The molecule has 198 valence electrons. The van der Waals surface area contributed by atoms with Gasteiger partial charge in [-0.25, -0.2) is 18.2 Å². The number of hydrogen-bond acceptors (Lipinski definition) is 5. The standard InChI is InChI=1S/C27H25F3N4O3S/c1-16-5-2-3-8-20(16)24(25(36)32-18-12-27(29,30)13-18)33(19-7-4-6-17(28)11-19)26(37)21-9-10-23(35)34(21)22-14-38-15-31-22/h2-8,11,14-15,18,21,24H,9-10,12-13H2,1H3,(H,32,36)/t21-,24-/m0/s1. The van der Waals surface area contributed by atoms with Crippen LogP contribution in [0, 0.1) is 12.7 Å². The quantitative estimate of drug-likeness (QED) is 0.466. The molecular weight excluding hydrogens is 517 g/mol. The lowest BCUT2D eigenvalue weighted by Crippen LogP contribution is -2.56. The molecule has 0 radical (unpaired) electrons. The summed E-state index contributed by atoms with van der Waals surface area (Å²) in [5.74, 6) is -4.71. The molecule has 7 nitrogen and oxygen atoms in total. The maximum atomic E-state index is 14.4. The van der Waals surface area contributed by atoms with Crippen LogP contribution in [-0.4, -0.2) is 40.7 Å². The van der Waals surface area contributed by atoms with Gasteiger partial charge in [0.2, 0.25) is 11.8 Å². The monoisotopic (exact) mass is 542 g/mol. The number of amides is 3. The molecule has 5 rings (SSSR count). The summed E-state index contributed by atoms with van der Waals surface area (Å²) in [6.45, 7) is 1.77. The summed E-state index contributed by atoms with van der Waals surface area (Å²) >= 11 is 1.27. The summed E-state index contributed by atoms with van der Waals surface area (Å²) in [5, 5.41) is 4.31. The highest BCUT2D eigenvalue weighted by Crippen LogP contribution is 2.39. The number of halogens is 3. The van der Waals surface area contributed by atoms with Gasteiger partial charge in [0, 0.05) is 36.4 Å². The SMILES string of the molecule is Cc1ccccc1[C@@H](C(=O)NC1CC(F)(F)C1)N(C(=O)[C@@H]1CCC(=O)N1c1cscn1)c1cccc(F)c1. The summed E-state index contributed by atoms with van der Waals surface area (Å²) in [6.07, 6.45) is -0.717. The first kappa shape index (κ1) is 25.9. The maximum absolute atomic E-state index is 14.4. The number of carbonyl (C=O) groups excluding carboxylic acids is 3. The number of nitrogens with one attached hydrogen (secondary N) is 1. The molecule has 2 atom stereocenters. The summed E-state index contributed by atoms with van der Waals surface area (Å²) in [6, 6.07) is 9.14. The zero-order chi connectivity index (χ0) is 27.0. The van der Waals surface area contributed by atoms with Gasteiger partial charge in [0.25, 0.3) is 11.8 Å². The zero-order valence-electron chi connectivity index (χ0n) is 20.4. The Bertz CT molecular complexity index is 1360. The topological polar surface area (TPSA) is 82.6 Å². The van der Waals surface area contributed by atoms with E-state index in [-0.39, 0.29) is 24.4 Å². The van der Waals surface area contributed by atoms with Crippen molar-refractivity contribution >= 4 is 40.6 Å². The molecule has 1 N–H and O–H groups in total. The van der Waals surface area contributed by atoms with E-state index in [1.54, 1.807) is 42.1 Å². The van der Waals surface area contributed by atoms with E-state index in [1.807, 2.05) is 0 Å². The number of hydrogen-bond donors (Lipinski definition) is 1. The zero-order valence-corrected chi connectivity index (χ0v) is 21.3. The fourth-order valence-corrected chi connectivity index (χ4v) is 5.58. The third-order valence-corrected chi connectivity index (χ3v) is 7.49. The van der Waals surface area contributed by atoms with E-state index in [9.17, 15) is 27.6 Å². The van der Waals surface area contributed by atoms with Gasteiger partial charge in [0.15, 0.2) is 0 Å². The Morgan fingerprint density at radius 2 is 1.95 bits per heavy atom. The molecule has 11 heteroatoms. The number of benzene rings is 2. The molecule has 2 aromatic carbocycles. The predicted molar refractivity (Wildman–Crippen MR) is 137 cm³/mol. The van der Waals surface area contributed by atoms with E-state index in [4.69, 9.17) is 0 Å². The van der Waals surface area contributed by atoms with Gasteiger partial charge >= 0.3 is 0 Å². The van der Waals surface area contributed by atoms with E-state index in [2.05, 4.69) is 10.3 Å². The average Bonchev–Trinajstić information content (AvgIpc) is 3.51. The Hall–Kier alpha value is -3.73. The number of nitrogens with zero attached hydrogens (tertiary/aromatic N) is 3. The van der Waals surface area contributed by atoms with Gasteiger partial charge in [-0.2, -0.15) is 0 Å². The first-order chi connectivity index (χ1) is 18.1. The molecule has 38 heavy (non-hydrogen) atoms. The Kier molecular flexibility index (Phi) is 6.95. The van der Waals surface area contributed by atoms with Gasteiger partial charge in [-0.3, -0.25) is 24.2 Å². The first-order valence-corrected chi connectivity index (χ1v) is 13.1. The van der Waals surface area contributed by atoms with Crippen LogP contribution >= 0.6 is 11.3 Å². The summed E-state index contributed by atoms with van der Waals surface area (Å²) in [5.41, 5.74) is 2.79. The summed E-state index contributed by atoms with van der Waals surface area (Å²) in [4.78, 5) is 47.5. The molecular formula is C27H25F3N4O3S. The average molecular weight is 543 g/mol. The van der Waals surface area contributed by atoms with Crippen molar-refractivity contribution in [2.75, 3.05) is 9.80 Å². The van der Waals surface area contributed by atoms with Crippen LogP contribution in [0.3, 0.4) is 0 Å². The van der Waals surface area contributed by atoms with Crippen molar-refractivity contribution in [3.8, 4) is 0 Å². The van der Waals surface area contributed by atoms with Gasteiger partial charge in [-0.1, -0.05) is 30.3 Å². The highest BCUT2D eigenvalue weighted by molar-refractivity contribution is 7.07. The van der Waals surface area contributed by atoms with Gasteiger partial charge in [0.1, 0.15) is 23.7 Å². The number of aryl methyl sites for hydroxylation is 1. The van der Waals surface area contributed by atoms with Crippen LogP contribution in [-0.2, 0) is 14.4 Å². The smallest absolute Gasteiger partial charge is 0.252 e. The maximum Gasteiger partial charge on any atom is 0.252 e. The number of carbonyl (C=O) groups is 3. The molecule has 1 aliphatic carbocycles. The summed E-state index contributed by atoms with van der Waals surface area (Å²) < 4.78 is 41.5. The van der Waals surface area contributed by atoms with Crippen LogP contribution in [0.25, 0.3) is 0 Å². The molecule has 3 aromatic rings. The third-order valence-electron chi connectivity index (χ3n) is 6.91. The van der Waals surface area contributed by atoms with E-state index in [1.165, 1.54) is 39.3 Å². The molecule has 1 aromatic heterocycles. The molecule has 2 aliphatic rings. The van der Waals surface area contributed by atoms with Crippen molar-refractivity contribution in [3.05, 3.63) is 76.4 Å². The number of rotatable bonds is 7. The second-order valence-corrected chi connectivity index (χ2v) is 10.3. The van der Waals surface area contributed by atoms with Crippen molar-refractivity contribution < 1.29 is 27.6 Å². The highest BCUT2D eigenvalue weighted by Gasteiger charge is 2.48. The Morgan fingerprint density at radius 3 is 2.61 bits per heavy atom. The third kappa shape index (κ3) is 5.02. The Labute approximate surface area is 221 Å². The van der Waals surface area contributed by atoms with Gasteiger partial charge in [0.05, 0.1) is 5.51 Å². The highest BCUT2D eigenvalue weighted by atomic mass is 32.1. The van der Waals surface area contributed by atoms with Crippen molar-refractivity contribution in [3.63, 3.8) is 0 Å². The van der Waals surface area contributed by atoms with Crippen LogP contribution in [0.1, 0.15) is 42.9 Å². The molecule has 2 fully saturated rings. The minimum absolute atomic E-state index is 0.101. The molecule has 1 saturated carbocycles. The van der Waals surface area contributed by atoms with Crippen molar-refractivity contribution in [1.82, 2.24) is 10.3 Å². The van der Waals surface area contributed by atoms with Crippen LogP contribution in [0.15, 0.2) is 59.4 Å². The molecule has 0 unspecified atom stereocenters. The largest absolute Gasteiger partial charge is 0.351 e. The van der Waals surface area contributed by atoms with Gasteiger partial charge in [-0.05, 0) is 42.7 Å². The minimum atomic E-state index is -2.85. The molecule has 0 spiro atoms. The lowest BCUT2D eigenvalue weighted by atomic mass is 9.87. The van der Waals surface area contributed by atoms with Crippen LogP contribution in [0.5, 0.6) is 0 Å². The number of anilines is 2. The van der Waals surface area contributed by atoms with Crippen LogP contribution in [0.2, 0.25) is 0 Å². The van der Waals surface area contributed by atoms with E-state index < -0.39 is 54.5 Å². The molecule has 0 bridgehead atoms. The number of alkyl halides is 2. The fraction of sp³-hybridized carbons (Fsp3) is 0.333. The first-order valence-electron chi connectivity index (χ1n) is 12.2. The summed E-state index contributed by atoms with van der Waals surface area (Å²) in [7, 11) is 0.